The maximum atomic E-state index is 12.7. The molecule has 0 aliphatic rings. The first-order chi connectivity index (χ1) is 26.5. The highest BCUT2D eigenvalue weighted by Crippen LogP contribution is 2.16. The van der Waals surface area contributed by atoms with E-state index in [-0.39, 0.29) is 31.1 Å². The molecule has 54 heavy (non-hydrogen) atoms. The van der Waals surface area contributed by atoms with E-state index >= 15 is 0 Å². The van der Waals surface area contributed by atoms with Crippen LogP contribution < -0.4 is 0 Å². The highest BCUT2D eigenvalue weighted by atomic mass is 16.6. The number of esters is 3. The summed E-state index contributed by atoms with van der Waals surface area (Å²) in [5.74, 6) is -0.859. The van der Waals surface area contributed by atoms with E-state index in [2.05, 4.69) is 20.8 Å². The van der Waals surface area contributed by atoms with Crippen LogP contribution >= 0.6 is 0 Å². The minimum absolute atomic E-state index is 0.0632. The molecule has 0 rings (SSSR count). The molecule has 0 amide bonds. The molecule has 0 saturated carbocycles. The number of carbonyl (C=O) groups is 3. The molecule has 0 spiro atoms. The first-order valence-corrected chi connectivity index (χ1v) is 24.0. The molecule has 320 valence electrons. The van der Waals surface area contributed by atoms with Crippen molar-refractivity contribution in [2.24, 2.45) is 0 Å². The standard InChI is InChI=1S/C48H92O6/c1-4-7-10-13-16-18-20-21-22-23-24-25-26-27-29-30-32-35-38-41-47(50)53-44-45(43-52-46(49)40-37-34-15-12-9-6-3)54-48(51)42-39-36-33-31-28-19-17-14-11-8-5-2/h45H,4-44H2,1-3H3. The lowest BCUT2D eigenvalue weighted by Crippen LogP contribution is -2.30. The van der Waals surface area contributed by atoms with Crippen LogP contribution in [0, 0.1) is 0 Å². The van der Waals surface area contributed by atoms with Crippen molar-refractivity contribution in [1.29, 1.82) is 0 Å². The number of ether oxygens (including phenoxy) is 3. The van der Waals surface area contributed by atoms with Crippen molar-refractivity contribution in [1.82, 2.24) is 0 Å². The van der Waals surface area contributed by atoms with Crippen LogP contribution in [0.1, 0.15) is 271 Å². The second kappa shape index (κ2) is 44.1. The molecular formula is C48H92O6. The smallest absolute Gasteiger partial charge is 0.306 e. The van der Waals surface area contributed by atoms with Crippen molar-refractivity contribution in [3.05, 3.63) is 0 Å². The minimum atomic E-state index is -0.757. The topological polar surface area (TPSA) is 78.9 Å². The van der Waals surface area contributed by atoms with Gasteiger partial charge in [-0.2, -0.15) is 0 Å². The van der Waals surface area contributed by atoms with E-state index in [0.29, 0.717) is 19.3 Å². The quantitative estimate of drug-likeness (QED) is 0.0349. The Balaban J connectivity index is 4.12. The fraction of sp³-hybridized carbons (Fsp3) is 0.938. The van der Waals surface area contributed by atoms with Gasteiger partial charge in [0, 0.05) is 19.3 Å². The molecule has 0 aliphatic heterocycles. The third kappa shape index (κ3) is 41.6. The Morgan fingerprint density at radius 2 is 0.500 bits per heavy atom. The monoisotopic (exact) mass is 765 g/mol. The second-order valence-electron chi connectivity index (χ2n) is 16.4. The molecule has 1 unspecified atom stereocenters. The fourth-order valence-corrected chi connectivity index (χ4v) is 7.21. The van der Waals surface area contributed by atoms with Gasteiger partial charge in [-0.25, -0.2) is 0 Å². The average Bonchev–Trinajstić information content (AvgIpc) is 3.17. The third-order valence-electron chi connectivity index (χ3n) is 10.9. The number of unbranched alkanes of at least 4 members (excludes halogenated alkanes) is 33. The normalized spacial score (nSPS) is 11.8. The summed E-state index contributed by atoms with van der Waals surface area (Å²) in [6.07, 6.45) is 45.4. The van der Waals surface area contributed by atoms with Crippen molar-refractivity contribution in [3.8, 4) is 0 Å². The van der Waals surface area contributed by atoms with Crippen molar-refractivity contribution >= 4 is 17.9 Å². The second-order valence-corrected chi connectivity index (χ2v) is 16.4. The van der Waals surface area contributed by atoms with Crippen molar-refractivity contribution in [3.63, 3.8) is 0 Å². The highest BCUT2D eigenvalue weighted by Gasteiger charge is 2.19. The maximum absolute atomic E-state index is 12.7. The van der Waals surface area contributed by atoms with E-state index in [1.54, 1.807) is 0 Å². The number of rotatable bonds is 44. The van der Waals surface area contributed by atoms with Crippen molar-refractivity contribution < 1.29 is 28.6 Å². The Morgan fingerprint density at radius 3 is 0.741 bits per heavy atom. The lowest BCUT2D eigenvalue weighted by Gasteiger charge is -2.18. The number of carbonyl (C=O) groups excluding carboxylic acids is 3. The van der Waals surface area contributed by atoms with E-state index in [1.807, 2.05) is 0 Å². The van der Waals surface area contributed by atoms with Crippen LogP contribution in [-0.2, 0) is 28.6 Å². The van der Waals surface area contributed by atoms with E-state index in [4.69, 9.17) is 14.2 Å². The Hall–Kier alpha value is -1.59. The van der Waals surface area contributed by atoms with Gasteiger partial charge in [-0.15, -0.1) is 0 Å². The van der Waals surface area contributed by atoms with Crippen molar-refractivity contribution in [2.45, 2.75) is 277 Å². The van der Waals surface area contributed by atoms with Gasteiger partial charge in [0.05, 0.1) is 0 Å². The molecule has 0 aromatic carbocycles. The van der Waals surface area contributed by atoms with Gasteiger partial charge in [-0.1, -0.05) is 233 Å². The van der Waals surface area contributed by atoms with Gasteiger partial charge in [0.2, 0.25) is 0 Å². The third-order valence-corrected chi connectivity index (χ3v) is 10.9. The van der Waals surface area contributed by atoms with E-state index in [9.17, 15) is 14.4 Å². The van der Waals surface area contributed by atoms with Crippen LogP contribution in [0.3, 0.4) is 0 Å². The van der Waals surface area contributed by atoms with E-state index in [1.165, 1.54) is 173 Å². The van der Waals surface area contributed by atoms with E-state index in [0.717, 1.165) is 57.8 Å². The minimum Gasteiger partial charge on any atom is -0.462 e. The molecule has 6 nitrogen and oxygen atoms in total. The van der Waals surface area contributed by atoms with Gasteiger partial charge < -0.3 is 14.2 Å². The summed E-state index contributed by atoms with van der Waals surface area (Å²) < 4.78 is 16.7. The molecule has 0 fully saturated rings. The molecule has 0 saturated heterocycles. The van der Waals surface area contributed by atoms with Gasteiger partial charge in [0.15, 0.2) is 6.10 Å². The Kier molecular flexibility index (Phi) is 42.8. The average molecular weight is 765 g/mol. The van der Waals surface area contributed by atoms with Crippen molar-refractivity contribution in [2.75, 3.05) is 13.2 Å². The predicted molar refractivity (Wildman–Crippen MR) is 229 cm³/mol. The molecule has 0 bridgehead atoms. The van der Waals surface area contributed by atoms with Gasteiger partial charge in [-0.3, -0.25) is 14.4 Å². The summed E-state index contributed by atoms with van der Waals surface area (Å²) in [7, 11) is 0. The first kappa shape index (κ1) is 52.4. The zero-order valence-corrected chi connectivity index (χ0v) is 36.5. The maximum Gasteiger partial charge on any atom is 0.306 e. The first-order valence-electron chi connectivity index (χ1n) is 24.0. The molecule has 0 radical (unpaired) electrons. The van der Waals surface area contributed by atoms with Gasteiger partial charge in [0.1, 0.15) is 13.2 Å². The summed E-state index contributed by atoms with van der Waals surface area (Å²) in [6.45, 7) is 6.60. The molecule has 0 N–H and O–H groups in total. The molecule has 0 heterocycles. The summed E-state index contributed by atoms with van der Waals surface area (Å²) >= 11 is 0. The largest absolute Gasteiger partial charge is 0.462 e. The Bertz CT molecular complexity index is 798. The Morgan fingerprint density at radius 1 is 0.296 bits per heavy atom. The summed E-state index contributed by atoms with van der Waals surface area (Å²) in [4.78, 5) is 37.5. The summed E-state index contributed by atoms with van der Waals surface area (Å²) in [5.41, 5.74) is 0. The molecular weight excluding hydrogens is 673 g/mol. The predicted octanol–water partition coefficient (Wildman–Crippen LogP) is 15.3. The molecule has 0 aromatic rings. The van der Waals surface area contributed by atoms with Crippen LogP contribution in [0.5, 0.6) is 0 Å². The number of hydrogen-bond donors (Lipinski definition) is 0. The molecule has 0 aromatic heterocycles. The van der Waals surface area contributed by atoms with Crippen LogP contribution in [0.2, 0.25) is 0 Å². The molecule has 1 atom stereocenters. The van der Waals surface area contributed by atoms with Gasteiger partial charge in [0.25, 0.3) is 0 Å². The zero-order valence-electron chi connectivity index (χ0n) is 36.5. The molecule has 0 aliphatic carbocycles. The lowest BCUT2D eigenvalue weighted by atomic mass is 10.0. The Labute approximate surface area is 336 Å². The fourth-order valence-electron chi connectivity index (χ4n) is 7.21. The van der Waals surface area contributed by atoms with Crippen LogP contribution in [-0.4, -0.2) is 37.2 Å². The number of hydrogen-bond acceptors (Lipinski definition) is 6. The zero-order chi connectivity index (χ0) is 39.4. The summed E-state index contributed by atoms with van der Waals surface area (Å²) in [5, 5.41) is 0. The van der Waals surface area contributed by atoms with Crippen LogP contribution in [0.15, 0.2) is 0 Å². The SMILES string of the molecule is CCCCCCCCCCCCCCCCCCCCCC(=O)OCC(COC(=O)CCCCCCCC)OC(=O)CCCCCCCCCCCCC. The van der Waals surface area contributed by atoms with Crippen LogP contribution in [0.4, 0.5) is 0 Å². The highest BCUT2D eigenvalue weighted by molar-refractivity contribution is 5.71. The lowest BCUT2D eigenvalue weighted by molar-refractivity contribution is -0.167. The van der Waals surface area contributed by atoms with Gasteiger partial charge in [-0.05, 0) is 19.3 Å². The van der Waals surface area contributed by atoms with Gasteiger partial charge >= 0.3 is 17.9 Å². The van der Waals surface area contributed by atoms with Crippen LogP contribution in [0.25, 0.3) is 0 Å². The summed E-state index contributed by atoms with van der Waals surface area (Å²) in [6, 6.07) is 0. The molecule has 6 heteroatoms. The van der Waals surface area contributed by atoms with E-state index < -0.39 is 6.10 Å².